The molecule has 270 valence electrons. The van der Waals surface area contributed by atoms with E-state index < -0.39 is 19.3 Å². The maximum atomic E-state index is 15.0. The van der Waals surface area contributed by atoms with Crippen LogP contribution in [-0.2, 0) is 4.57 Å². The van der Waals surface area contributed by atoms with Crippen LogP contribution in [0.25, 0.3) is 21.9 Å². The van der Waals surface area contributed by atoms with Gasteiger partial charge in [-0.1, -0.05) is 54.6 Å². The van der Waals surface area contributed by atoms with Crippen molar-refractivity contribution in [3.05, 3.63) is 168 Å². The fourth-order valence-electron chi connectivity index (χ4n) is 6.32. The smallest absolute Gasteiger partial charge is 0.343 e. The van der Waals surface area contributed by atoms with Crippen LogP contribution in [0.4, 0.5) is 5.69 Å². The molecule has 1 atom stereocenters. The van der Waals surface area contributed by atoms with Crippen LogP contribution in [0.5, 0.6) is 28.7 Å². The number of methoxy groups -OCH3 is 1. The van der Waals surface area contributed by atoms with E-state index in [4.69, 9.17) is 18.7 Å². The van der Waals surface area contributed by atoms with Crippen molar-refractivity contribution in [3.8, 4) is 39.9 Å². The van der Waals surface area contributed by atoms with Crippen molar-refractivity contribution in [1.82, 2.24) is 0 Å². The standard InChI is InChI=1S/C44H30NO9P/c1-51-35-21-22-39(41(26-35)55(50)40-12-5-3-10-37(40)36-9-2-4-11-38(36)54-55)53-44(49)31-8-6-7-30(24-31)43(48)52-34-19-16-32(17-20-34)45-42(47)29-14-13-28-25-33(46)18-15-27(28)23-29/h2-26,46H,1H3,(H,45,47). The van der Waals surface area contributed by atoms with Gasteiger partial charge in [0, 0.05) is 16.8 Å². The molecule has 0 radical (unpaired) electrons. The van der Waals surface area contributed by atoms with Gasteiger partial charge in [0.15, 0.2) is 0 Å². The van der Waals surface area contributed by atoms with Gasteiger partial charge in [-0.15, -0.1) is 0 Å². The number of rotatable bonds is 8. The molecule has 0 aromatic heterocycles. The van der Waals surface area contributed by atoms with Crippen LogP contribution in [0, 0.1) is 0 Å². The Morgan fingerprint density at radius 1 is 0.600 bits per heavy atom. The molecule has 0 fully saturated rings. The fraction of sp³-hybridized carbons (Fsp3) is 0.0227. The van der Waals surface area contributed by atoms with E-state index in [0.717, 1.165) is 21.9 Å². The molecule has 55 heavy (non-hydrogen) atoms. The Kier molecular flexibility index (Phi) is 9.10. The number of phenols is 1. The highest BCUT2D eigenvalue weighted by atomic mass is 31.2. The van der Waals surface area contributed by atoms with Crippen LogP contribution in [0.1, 0.15) is 31.1 Å². The van der Waals surface area contributed by atoms with Gasteiger partial charge < -0.3 is 29.2 Å². The first-order valence-electron chi connectivity index (χ1n) is 17.0. The Bertz CT molecular complexity index is 2710. The predicted molar refractivity (Wildman–Crippen MR) is 209 cm³/mol. The second-order valence-corrected chi connectivity index (χ2v) is 14.8. The second kappa shape index (κ2) is 14.3. The molecular formula is C44H30NO9P. The number of ether oxygens (including phenoxy) is 3. The SMILES string of the molecule is COc1ccc(OC(=O)c2cccc(C(=O)Oc3ccc(NC(=O)c4ccc5cc(O)ccc5c4)cc3)c2)c(P2(=O)Oc3ccccc3-c3ccccc32)c1. The van der Waals surface area contributed by atoms with Crippen LogP contribution in [0.2, 0.25) is 0 Å². The molecule has 1 aliphatic rings. The Morgan fingerprint density at radius 3 is 2.05 bits per heavy atom. The summed E-state index contributed by atoms with van der Waals surface area (Å²) in [4.78, 5) is 39.7. The van der Waals surface area contributed by atoms with Crippen molar-refractivity contribution >= 4 is 52.3 Å². The van der Waals surface area contributed by atoms with Gasteiger partial charge in [-0.2, -0.15) is 0 Å². The summed E-state index contributed by atoms with van der Waals surface area (Å²) in [5.74, 6) is -0.690. The van der Waals surface area contributed by atoms with Gasteiger partial charge in [-0.3, -0.25) is 9.36 Å². The lowest BCUT2D eigenvalue weighted by Crippen LogP contribution is -2.27. The van der Waals surface area contributed by atoms with Gasteiger partial charge >= 0.3 is 19.3 Å². The average Bonchev–Trinajstić information content (AvgIpc) is 3.21. The minimum absolute atomic E-state index is 0.00406. The second-order valence-electron chi connectivity index (χ2n) is 12.6. The van der Waals surface area contributed by atoms with Crippen molar-refractivity contribution in [2.45, 2.75) is 0 Å². The molecule has 1 unspecified atom stereocenters. The zero-order chi connectivity index (χ0) is 38.1. The van der Waals surface area contributed by atoms with E-state index in [0.29, 0.717) is 28.1 Å². The van der Waals surface area contributed by atoms with Crippen LogP contribution < -0.4 is 34.7 Å². The zero-order valence-electron chi connectivity index (χ0n) is 29.1. The molecule has 0 aliphatic carbocycles. The quantitative estimate of drug-likeness (QED) is 0.0890. The molecule has 1 amide bonds. The van der Waals surface area contributed by atoms with E-state index in [-0.39, 0.29) is 39.6 Å². The third-order valence-corrected chi connectivity index (χ3v) is 11.5. The van der Waals surface area contributed by atoms with Gasteiger partial charge in [-0.05, 0) is 113 Å². The van der Waals surface area contributed by atoms with Crippen LogP contribution in [0.3, 0.4) is 0 Å². The first-order chi connectivity index (χ1) is 26.7. The number of carbonyl (C=O) groups is 3. The summed E-state index contributed by atoms with van der Waals surface area (Å²) in [5.41, 5.74) is 2.57. The van der Waals surface area contributed by atoms with Crippen LogP contribution in [-0.4, -0.2) is 30.1 Å². The Labute approximate surface area is 315 Å². The van der Waals surface area contributed by atoms with Crippen molar-refractivity contribution in [3.63, 3.8) is 0 Å². The largest absolute Gasteiger partial charge is 0.508 e. The molecule has 2 N–H and O–H groups in total. The van der Waals surface area contributed by atoms with Crippen molar-refractivity contribution in [1.29, 1.82) is 0 Å². The zero-order valence-corrected chi connectivity index (χ0v) is 30.0. The van der Waals surface area contributed by atoms with Crippen LogP contribution >= 0.6 is 7.37 Å². The summed E-state index contributed by atoms with van der Waals surface area (Å²) < 4.78 is 38.1. The molecule has 10 nitrogen and oxygen atoms in total. The van der Waals surface area contributed by atoms with Crippen molar-refractivity contribution < 1.29 is 42.8 Å². The number of aromatic hydroxyl groups is 1. The number of hydrogen-bond donors (Lipinski definition) is 2. The third kappa shape index (κ3) is 6.90. The number of fused-ring (bicyclic) bond motifs is 4. The number of hydrogen-bond acceptors (Lipinski definition) is 9. The number of amides is 1. The van der Waals surface area contributed by atoms with Gasteiger partial charge in [0.1, 0.15) is 28.7 Å². The van der Waals surface area contributed by atoms with E-state index in [9.17, 15) is 24.1 Å². The van der Waals surface area contributed by atoms with Gasteiger partial charge in [0.05, 0.1) is 28.8 Å². The summed E-state index contributed by atoms with van der Waals surface area (Å²) in [7, 11) is -2.40. The first-order valence-corrected chi connectivity index (χ1v) is 18.7. The van der Waals surface area contributed by atoms with Gasteiger partial charge in [0.25, 0.3) is 5.91 Å². The minimum atomic E-state index is -3.88. The van der Waals surface area contributed by atoms with E-state index in [1.54, 1.807) is 78.9 Å². The fourth-order valence-corrected chi connectivity index (χ4v) is 8.71. The molecule has 0 saturated heterocycles. The molecule has 1 aliphatic heterocycles. The van der Waals surface area contributed by atoms with E-state index >= 15 is 0 Å². The van der Waals surface area contributed by atoms with Gasteiger partial charge in [0.2, 0.25) is 0 Å². The maximum Gasteiger partial charge on any atom is 0.343 e. The average molecular weight is 748 g/mol. The minimum Gasteiger partial charge on any atom is -0.508 e. The van der Waals surface area contributed by atoms with Gasteiger partial charge in [-0.25, -0.2) is 9.59 Å². The van der Waals surface area contributed by atoms with Crippen molar-refractivity contribution in [2.24, 2.45) is 0 Å². The number of benzene rings is 7. The van der Waals surface area contributed by atoms with E-state index in [1.807, 2.05) is 24.3 Å². The number of esters is 2. The normalized spacial score (nSPS) is 14.1. The summed E-state index contributed by atoms with van der Waals surface area (Å²) in [5, 5.41) is 14.7. The molecule has 0 bridgehead atoms. The third-order valence-electron chi connectivity index (χ3n) is 9.05. The summed E-state index contributed by atoms with van der Waals surface area (Å²) >= 11 is 0. The summed E-state index contributed by atoms with van der Waals surface area (Å²) in [6.45, 7) is 0. The number of para-hydroxylation sites is 1. The molecule has 11 heteroatoms. The molecule has 1 heterocycles. The highest BCUT2D eigenvalue weighted by Crippen LogP contribution is 2.55. The first kappa shape index (κ1) is 34.9. The highest BCUT2D eigenvalue weighted by molar-refractivity contribution is 7.75. The molecular weight excluding hydrogens is 717 g/mol. The Hall–Kier alpha value is -7.16. The topological polar surface area (TPSA) is 137 Å². The summed E-state index contributed by atoms with van der Waals surface area (Å²) in [6.07, 6.45) is 0. The van der Waals surface area contributed by atoms with Crippen LogP contribution in [0.15, 0.2) is 152 Å². The Morgan fingerprint density at radius 2 is 1.27 bits per heavy atom. The number of anilines is 1. The van der Waals surface area contributed by atoms with Crippen molar-refractivity contribution in [2.75, 3.05) is 12.4 Å². The monoisotopic (exact) mass is 747 g/mol. The van der Waals surface area contributed by atoms with E-state index in [2.05, 4.69) is 5.32 Å². The molecule has 0 spiro atoms. The maximum absolute atomic E-state index is 15.0. The lowest BCUT2D eigenvalue weighted by molar-refractivity contribution is 0.0734. The lowest BCUT2D eigenvalue weighted by Gasteiger charge is -2.29. The molecule has 0 saturated carbocycles. The predicted octanol–water partition coefficient (Wildman–Crippen LogP) is 8.53. The Balaban J connectivity index is 0.979. The summed E-state index contributed by atoms with van der Waals surface area (Å²) in [6, 6.07) is 41.3. The molecule has 7 aromatic carbocycles. The van der Waals surface area contributed by atoms with E-state index in [1.165, 1.54) is 55.6 Å². The molecule has 7 aromatic rings. The number of carbonyl (C=O) groups excluding carboxylic acids is 3. The number of phenolic OH excluding ortho intramolecular Hbond substituents is 1. The molecule has 8 rings (SSSR count). The number of nitrogens with one attached hydrogen (secondary N) is 1. The highest BCUT2D eigenvalue weighted by Gasteiger charge is 2.40. The lowest BCUT2D eigenvalue weighted by atomic mass is 10.0.